The fourth-order valence-corrected chi connectivity index (χ4v) is 3.04. The lowest BCUT2D eigenvalue weighted by molar-refractivity contribution is 0.109. The Morgan fingerprint density at radius 2 is 1.89 bits per heavy atom. The Labute approximate surface area is 116 Å². The smallest absolute Gasteiger partial charge is 0.122 e. The maximum absolute atomic E-state index is 9.56. The highest BCUT2D eigenvalue weighted by molar-refractivity contribution is 5.39. The molecule has 19 heavy (non-hydrogen) atoms. The number of methoxy groups -OCH3 is 1. The van der Waals surface area contributed by atoms with Gasteiger partial charge in [0.1, 0.15) is 5.75 Å². The highest BCUT2D eigenvalue weighted by Crippen LogP contribution is 2.31. The summed E-state index contributed by atoms with van der Waals surface area (Å²) in [4.78, 5) is 0. The predicted molar refractivity (Wildman–Crippen MR) is 78.8 cm³/mol. The summed E-state index contributed by atoms with van der Waals surface area (Å²) in [6.45, 7) is 4.41. The number of rotatable bonds is 4. The lowest BCUT2D eigenvalue weighted by Gasteiger charge is -2.25. The van der Waals surface area contributed by atoms with Crippen molar-refractivity contribution in [1.29, 1.82) is 0 Å². The van der Waals surface area contributed by atoms with Gasteiger partial charge in [0.25, 0.3) is 0 Å². The van der Waals surface area contributed by atoms with E-state index in [9.17, 15) is 5.11 Å². The van der Waals surface area contributed by atoms with Crippen LogP contribution in [0.4, 0.5) is 0 Å². The molecule has 2 heteroatoms. The molecule has 1 N–H and O–H groups in total. The minimum Gasteiger partial charge on any atom is -0.496 e. The molecule has 1 aliphatic rings. The van der Waals surface area contributed by atoms with Crippen LogP contribution in [-0.2, 0) is 6.42 Å². The maximum Gasteiger partial charge on any atom is 0.122 e. The Hall–Kier alpha value is -1.02. The second kappa shape index (κ2) is 6.42. The van der Waals surface area contributed by atoms with Gasteiger partial charge < -0.3 is 9.84 Å². The van der Waals surface area contributed by atoms with Gasteiger partial charge in [-0.2, -0.15) is 0 Å². The van der Waals surface area contributed by atoms with Crippen LogP contribution >= 0.6 is 0 Å². The molecule has 1 aromatic rings. The molecular formula is C17H26O2. The van der Waals surface area contributed by atoms with Crippen LogP contribution in [0.15, 0.2) is 18.2 Å². The van der Waals surface area contributed by atoms with Gasteiger partial charge in [-0.25, -0.2) is 0 Å². The highest BCUT2D eigenvalue weighted by atomic mass is 16.5. The molecule has 2 rings (SSSR count). The van der Waals surface area contributed by atoms with Crippen molar-refractivity contribution in [3.8, 4) is 5.75 Å². The Balaban J connectivity index is 2.06. The van der Waals surface area contributed by atoms with Crippen LogP contribution in [-0.4, -0.2) is 18.3 Å². The molecule has 0 spiro atoms. The summed E-state index contributed by atoms with van der Waals surface area (Å²) >= 11 is 0. The summed E-state index contributed by atoms with van der Waals surface area (Å²) in [6, 6.07) is 6.59. The Morgan fingerprint density at radius 3 is 2.47 bits per heavy atom. The number of hydrogen-bond donors (Lipinski definition) is 1. The number of benzene rings is 1. The number of hydrogen-bond acceptors (Lipinski definition) is 2. The molecule has 2 nitrogen and oxygen atoms in total. The van der Waals surface area contributed by atoms with Crippen molar-refractivity contribution >= 4 is 0 Å². The van der Waals surface area contributed by atoms with Gasteiger partial charge in [0.05, 0.1) is 13.2 Å². The first kappa shape index (κ1) is 14.4. The third-order valence-electron chi connectivity index (χ3n) is 4.26. The van der Waals surface area contributed by atoms with Crippen molar-refractivity contribution in [3.05, 3.63) is 29.3 Å². The van der Waals surface area contributed by atoms with E-state index in [-0.39, 0.29) is 6.10 Å². The molecule has 106 valence electrons. The monoisotopic (exact) mass is 262 g/mol. The van der Waals surface area contributed by atoms with Crippen molar-refractivity contribution in [2.75, 3.05) is 7.11 Å². The maximum atomic E-state index is 9.56. The van der Waals surface area contributed by atoms with Gasteiger partial charge in [-0.1, -0.05) is 26.0 Å². The van der Waals surface area contributed by atoms with Gasteiger partial charge in [0.15, 0.2) is 0 Å². The first-order valence-corrected chi connectivity index (χ1v) is 7.45. The fraction of sp³-hybridized carbons (Fsp3) is 0.647. The average Bonchev–Trinajstić information content (AvgIpc) is 2.41. The lowest BCUT2D eigenvalue weighted by atomic mass is 9.83. The Bertz CT molecular complexity index is 404. The topological polar surface area (TPSA) is 29.5 Å². The standard InChI is InChI=1S/C17H26O2/c1-12(2)16-11-14(6-9-17(16)19-3)10-13-4-7-15(18)8-5-13/h6,9,11-13,15,18H,4-5,7-8,10H2,1-3H3. The molecule has 0 aliphatic heterocycles. The van der Waals surface area contributed by atoms with E-state index in [4.69, 9.17) is 4.74 Å². The summed E-state index contributed by atoms with van der Waals surface area (Å²) in [5, 5.41) is 9.56. The van der Waals surface area contributed by atoms with Crippen molar-refractivity contribution in [1.82, 2.24) is 0 Å². The van der Waals surface area contributed by atoms with E-state index in [1.807, 2.05) is 0 Å². The molecule has 0 saturated heterocycles. The highest BCUT2D eigenvalue weighted by Gasteiger charge is 2.20. The Morgan fingerprint density at radius 1 is 1.21 bits per heavy atom. The fourth-order valence-electron chi connectivity index (χ4n) is 3.04. The van der Waals surface area contributed by atoms with Gasteiger partial charge in [0.2, 0.25) is 0 Å². The second-order valence-electron chi connectivity index (χ2n) is 6.11. The normalized spacial score (nSPS) is 23.6. The van der Waals surface area contributed by atoms with E-state index in [2.05, 4.69) is 32.0 Å². The van der Waals surface area contributed by atoms with Gasteiger partial charge in [-0.15, -0.1) is 0 Å². The van der Waals surface area contributed by atoms with Crippen LogP contribution in [0.1, 0.15) is 56.6 Å². The third-order valence-corrected chi connectivity index (χ3v) is 4.26. The van der Waals surface area contributed by atoms with Crippen LogP contribution in [0.25, 0.3) is 0 Å². The van der Waals surface area contributed by atoms with Gasteiger partial charge in [-0.3, -0.25) is 0 Å². The zero-order valence-corrected chi connectivity index (χ0v) is 12.4. The van der Waals surface area contributed by atoms with E-state index in [0.29, 0.717) is 5.92 Å². The van der Waals surface area contributed by atoms with Crippen molar-refractivity contribution in [3.63, 3.8) is 0 Å². The SMILES string of the molecule is COc1ccc(CC2CCC(O)CC2)cc1C(C)C. The number of aliphatic hydroxyl groups excluding tert-OH is 1. The molecule has 0 atom stereocenters. The van der Waals surface area contributed by atoms with Gasteiger partial charge in [0, 0.05) is 0 Å². The molecule has 0 unspecified atom stereocenters. The largest absolute Gasteiger partial charge is 0.496 e. The number of aliphatic hydroxyl groups is 1. The van der Waals surface area contributed by atoms with Crippen LogP contribution in [0, 0.1) is 5.92 Å². The molecule has 0 radical (unpaired) electrons. The summed E-state index contributed by atoms with van der Waals surface area (Å²) in [6.07, 6.45) is 5.33. The first-order chi connectivity index (χ1) is 9.10. The zero-order valence-electron chi connectivity index (χ0n) is 12.4. The molecule has 0 heterocycles. The van der Waals surface area contributed by atoms with E-state index in [0.717, 1.165) is 43.8 Å². The van der Waals surface area contributed by atoms with Crippen LogP contribution < -0.4 is 4.74 Å². The second-order valence-corrected chi connectivity index (χ2v) is 6.11. The summed E-state index contributed by atoms with van der Waals surface area (Å²) < 4.78 is 5.43. The molecule has 1 saturated carbocycles. The van der Waals surface area contributed by atoms with E-state index in [1.165, 1.54) is 11.1 Å². The molecule has 1 aromatic carbocycles. The molecule has 0 amide bonds. The van der Waals surface area contributed by atoms with Crippen LogP contribution in [0.5, 0.6) is 5.75 Å². The molecular weight excluding hydrogens is 236 g/mol. The summed E-state index contributed by atoms with van der Waals surface area (Å²) in [7, 11) is 1.74. The summed E-state index contributed by atoms with van der Waals surface area (Å²) in [5.74, 6) is 2.22. The quantitative estimate of drug-likeness (QED) is 0.891. The minimum absolute atomic E-state index is 0.0571. The Kier molecular flexibility index (Phi) is 4.87. The number of ether oxygens (including phenoxy) is 1. The molecule has 0 aromatic heterocycles. The van der Waals surface area contributed by atoms with Crippen molar-refractivity contribution in [2.45, 2.75) is 58.0 Å². The minimum atomic E-state index is -0.0571. The molecule has 1 fully saturated rings. The molecule has 0 bridgehead atoms. The predicted octanol–water partition coefficient (Wildman–Crippen LogP) is 3.91. The zero-order chi connectivity index (χ0) is 13.8. The van der Waals surface area contributed by atoms with E-state index in [1.54, 1.807) is 7.11 Å². The molecule has 1 aliphatic carbocycles. The van der Waals surface area contributed by atoms with Crippen LogP contribution in [0.3, 0.4) is 0 Å². The first-order valence-electron chi connectivity index (χ1n) is 7.45. The average molecular weight is 262 g/mol. The summed E-state index contributed by atoms with van der Waals surface area (Å²) in [5.41, 5.74) is 2.71. The van der Waals surface area contributed by atoms with E-state index < -0.39 is 0 Å². The van der Waals surface area contributed by atoms with Crippen molar-refractivity contribution in [2.24, 2.45) is 5.92 Å². The van der Waals surface area contributed by atoms with Gasteiger partial charge in [-0.05, 0) is 61.1 Å². The third kappa shape index (κ3) is 3.73. The van der Waals surface area contributed by atoms with E-state index >= 15 is 0 Å². The van der Waals surface area contributed by atoms with Gasteiger partial charge >= 0.3 is 0 Å². The van der Waals surface area contributed by atoms with Crippen molar-refractivity contribution < 1.29 is 9.84 Å². The lowest BCUT2D eigenvalue weighted by Crippen LogP contribution is -2.19. The van der Waals surface area contributed by atoms with Crippen LogP contribution in [0.2, 0.25) is 0 Å².